The summed E-state index contributed by atoms with van der Waals surface area (Å²) in [5.74, 6) is 0. The fourth-order valence-electron chi connectivity index (χ4n) is 1.05. The number of hydrogen-bond acceptors (Lipinski definition) is 0. The van der Waals surface area contributed by atoms with E-state index in [0.717, 1.165) is 6.42 Å². The van der Waals surface area contributed by atoms with Gasteiger partial charge in [0.1, 0.15) is 0 Å². The van der Waals surface area contributed by atoms with Crippen LogP contribution in [0.4, 0.5) is 0 Å². The molecule has 0 radical (unpaired) electrons. The molecule has 0 aromatic heterocycles. The molecular formula is C11H18. The first-order valence-corrected chi connectivity index (χ1v) is 4.18. The number of hydrogen-bond donors (Lipinski definition) is 0. The Bertz CT molecular complexity index is 180. The zero-order chi connectivity index (χ0) is 8.69. The molecule has 0 fully saturated rings. The van der Waals surface area contributed by atoms with Crippen LogP contribution in [-0.2, 0) is 0 Å². The van der Waals surface area contributed by atoms with Crippen molar-refractivity contribution in [2.24, 2.45) is 0 Å². The van der Waals surface area contributed by atoms with Crippen molar-refractivity contribution >= 4 is 0 Å². The molecule has 11 heavy (non-hydrogen) atoms. The van der Waals surface area contributed by atoms with Crippen LogP contribution in [0.15, 0.2) is 35.5 Å². The summed E-state index contributed by atoms with van der Waals surface area (Å²) in [6.45, 7) is 8.45. The highest BCUT2D eigenvalue weighted by atomic mass is 13.9. The Morgan fingerprint density at radius 3 is 2.27 bits per heavy atom. The molecule has 0 heteroatoms. The SMILES string of the molecule is C\C=C/C(C)=C\C(C)=C\CC. The lowest BCUT2D eigenvalue weighted by atomic mass is 10.1. The Kier molecular flexibility index (Phi) is 5.54. The summed E-state index contributed by atoms with van der Waals surface area (Å²) in [5, 5.41) is 0. The zero-order valence-electron chi connectivity index (χ0n) is 8.02. The average molecular weight is 150 g/mol. The van der Waals surface area contributed by atoms with E-state index in [-0.39, 0.29) is 0 Å². The molecule has 0 rings (SSSR count). The van der Waals surface area contributed by atoms with Crippen molar-refractivity contribution in [3.05, 3.63) is 35.5 Å². The summed E-state index contributed by atoms with van der Waals surface area (Å²) in [6, 6.07) is 0. The van der Waals surface area contributed by atoms with Crippen LogP contribution in [0.2, 0.25) is 0 Å². The van der Waals surface area contributed by atoms with Crippen molar-refractivity contribution < 1.29 is 0 Å². The lowest BCUT2D eigenvalue weighted by Gasteiger charge is -1.93. The van der Waals surface area contributed by atoms with Crippen molar-refractivity contribution in [1.82, 2.24) is 0 Å². The molecule has 0 spiro atoms. The summed E-state index contributed by atoms with van der Waals surface area (Å²) in [6.07, 6.45) is 9.72. The molecule has 0 unspecified atom stereocenters. The normalized spacial score (nSPS) is 14.5. The Hall–Kier alpha value is -0.780. The minimum atomic E-state index is 1.12. The molecule has 0 heterocycles. The van der Waals surface area contributed by atoms with Gasteiger partial charge in [0.05, 0.1) is 0 Å². The van der Waals surface area contributed by atoms with Gasteiger partial charge in [0, 0.05) is 0 Å². The van der Waals surface area contributed by atoms with E-state index < -0.39 is 0 Å². The van der Waals surface area contributed by atoms with Gasteiger partial charge in [-0.1, -0.05) is 42.4 Å². The van der Waals surface area contributed by atoms with Gasteiger partial charge in [-0.15, -0.1) is 0 Å². The molecule has 62 valence electrons. The molecule has 0 saturated heterocycles. The van der Waals surface area contributed by atoms with E-state index in [1.54, 1.807) is 0 Å². The zero-order valence-corrected chi connectivity index (χ0v) is 8.02. The second-order valence-corrected chi connectivity index (χ2v) is 2.74. The quantitative estimate of drug-likeness (QED) is 0.536. The molecule has 0 aromatic carbocycles. The summed E-state index contributed by atoms with van der Waals surface area (Å²) in [4.78, 5) is 0. The van der Waals surface area contributed by atoms with E-state index in [1.807, 2.05) is 6.92 Å². The maximum Gasteiger partial charge on any atom is -0.0374 e. The van der Waals surface area contributed by atoms with Crippen molar-refractivity contribution in [2.75, 3.05) is 0 Å². The van der Waals surface area contributed by atoms with Gasteiger partial charge in [0.2, 0.25) is 0 Å². The van der Waals surface area contributed by atoms with Gasteiger partial charge < -0.3 is 0 Å². The van der Waals surface area contributed by atoms with Crippen LogP contribution in [0.3, 0.4) is 0 Å². The van der Waals surface area contributed by atoms with Gasteiger partial charge in [-0.05, 0) is 27.2 Å². The van der Waals surface area contributed by atoms with Crippen LogP contribution in [0.1, 0.15) is 34.1 Å². The Morgan fingerprint density at radius 1 is 1.18 bits per heavy atom. The monoisotopic (exact) mass is 150 g/mol. The molecule has 0 aliphatic heterocycles. The minimum Gasteiger partial charge on any atom is -0.0874 e. The van der Waals surface area contributed by atoms with Gasteiger partial charge >= 0.3 is 0 Å². The number of rotatable bonds is 3. The van der Waals surface area contributed by atoms with Crippen LogP contribution >= 0.6 is 0 Å². The summed E-state index contributed by atoms with van der Waals surface area (Å²) in [5.41, 5.74) is 2.66. The summed E-state index contributed by atoms with van der Waals surface area (Å²) < 4.78 is 0. The summed E-state index contributed by atoms with van der Waals surface area (Å²) >= 11 is 0. The van der Waals surface area contributed by atoms with E-state index in [0.29, 0.717) is 0 Å². The first-order chi connectivity index (χ1) is 5.20. The molecule has 0 saturated carbocycles. The molecule has 0 atom stereocenters. The smallest absolute Gasteiger partial charge is 0.0374 e. The van der Waals surface area contributed by atoms with Crippen LogP contribution in [-0.4, -0.2) is 0 Å². The lowest BCUT2D eigenvalue weighted by molar-refractivity contribution is 1.19. The van der Waals surface area contributed by atoms with Gasteiger partial charge in [-0.3, -0.25) is 0 Å². The highest BCUT2D eigenvalue weighted by molar-refractivity contribution is 5.26. The molecular weight excluding hydrogens is 132 g/mol. The highest BCUT2D eigenvalue weighted by Crippen LogP contribution is 2.03. The van der Waals surface area contributed by atoms with Crippen molar-refractivity contribution in [3.8, 4) is 0 Å². The third-order valence-electron chi connectivity index (χ3n) is 1.41. The first-order valence-electron chi connectivity index (χ1n) is 4.18. The Labute approximate surface area is 70.3 Å². The van der Waals surface area contributed by atoms with Gasteiger partial charge in [-0.2, -0.15) is 0 Å². The van der Waals surface area contributed by atoms with Gasteiger partial charge in [0.25, 0.3) is 0 Å². The van der Waals surface area contributed by atoms with Gasteiger partial charge in [-0.25, -0.2) is 0 Å². The van der Waals surface area contributed by atoms with Gasteiger partial charge in [0.15, 0.2) is 0 Å². The molecule has 0 N–H and O–H groups in total. The first kappa shape index (κ1) is 10.2. The maximum absolute atomic E-state index is 2.23. The Balaban J connectivity index is 4.18. The maximum atomic E-state index is 2.23. The minimum absolute atomic E-state index is 1.12. The second kappa shape index (κ2) is 5.96. The molecule has 0 aromatic rings. The average Bonchev–Trinajstić information content (AvgIpc) is 1.87. The van der Waals surface area contributed by atoms with E-state index in [2.05, 4.69) is 45.1 Å². The topological polar surface area (TPSA) is 0 Å². The highest BCUT2D eigenvalue weighted by Gasteiger charge is 1.82. The number of allylic oxidation sites excluding steroid dienone is 6. The molecule has 0 nitrogen and oxygen atoms in total. The third-order valence-corrected chi connectivity index (χ3v) is 1.41. The fourth-order valence-corrected chi connectivity index (χ4v) is 1.05. The third kappa shape index (κ3) is 5.65. The van der Waals surface area contributed by atoms with Crippen LogP contribution in [0.5, 0.6) is 0 Å². The molecule has 0 aliphatic rings. The predicted molar refractivity (Wildman–Crippen MR) is 52.6 cm³/mol. The van der Waals surface area contributed by atoms with E-state index >= 15 is 0 Å². The lowest BCUT2D eigenvalue weighted by Crippen LogP contribution is -1.72. The Morgan fingerprint density at radius 2 is 1.82 bits per heavy atom. The van der Waals surface area contributed by atoms with Crippen LogP contribution < -0.4 is 0 Å². The molecule has 0 amide bonds. The van der Waals surface area contributed by atoms with E-state index in [1.165, 1.54) is 11.1 Å². The standard InChI is InChI=1S/C11H18/c1-5-7-10(3)9-11(4)8-6-2/h5,7-9H,6H2,1-4H3/b7-5-,10-9-,11-8+. The van der Waals surface area contributed by atoms with Crippen molar-refractivity contribution in [3.63, 3.8) is 0 Å². The van der Waals surface area contributed by atoms with Crippen LogP contribution in [0, 0.1) is 0 Å². The van der Waals surface area contributed by atoms with Crippen LogP contribution in [0.25, 0.3) is 0 Å². The van der Waals surface area contributed by atoms with E-state index in [9.17, 15) is 0 Å². The second-order valence-electron chi connectivity index (χ2n) is 2.74. The summed E-state index contributed by atoms with van der Waals surface area (Å²) in [7, 11) is 0. The predicted octanol–water partition coefficient (Wildman–Crippen LogP) is 3.87. The molecule has 0 bridgehead atoms. The fraction of sp³-hybridized carbons (Fsp3) is 0.455. The van der Waals surface area contributed by atoms with E-state index in [4.69, 9.17) is 0 Å². The largest absolute Gasteiger partial charge is 0.0874 e. The van der Waals surface area contributed by atoms with Crippen molar-refractivity contribution in [2.45, 2.75) is 34.1 Å². The molecule has 0 aliphatic carbocycles. The van der Waals surface area contributed by atoms with Crippen molar-refractivity contribution in [1.29, 1.82) is 0 Å².